The van der Waals surface area contributed by atoms with Gasteiger partial charge in [-0.25, -0.2) is 4.79 Å². The molecule has 2 fully saturated rings. The first-order chi connectivity index (χ1) is 20.4. The Kier molecular flexibility index (Phi) is 9.41. The average molecular weight is 568 g/mol. The van der Waals surface area contributed by atoms with E-state index in [0.29, 0.717) is 49.5 Å². The van der Waals surface area contributed by atoms with Gasteiger partial charge in [0.15, 0.2) is 0 Å². The third kappa shape index (κ3) is 7.29. The predicted molar refractivity (Wildman–Crippen MR) is 167 cm³/mol. The Morgan fingerprint density at radius 2 is 1.55 bits per heavy atom. The van der Waals surface area contributed by atoms with Gasteiger partial charge in [-0.05, 0) is 55.7 Å². The lowest BCUT2D eigenvalue weighted by atomic mass is 9.96. The van der Waals surface area contributed by atoms with Crippen LogP contribution >= 0.6 is 0 Å². The molecule has 0 bridgehead atoms. The molecule has 1 saturated carbocycles. The Morgan fingerprint density at radius 3 is 2.24 bits per heavy atom. The Bertz CT molecular complexity index is 1380. The number of aryl methyl sites for hydroxylation is 1. The van der Waals surface area contributed by atoms with Crippen molar-refractivity contribution in [2.24, 2.45) is 0 Å². The Hall–Kier alpha value is -4.33. The first-order valence-corrected chi connectivity index (χ1v) is 15.0. The van der Waals surface area contributed by atoms with Crippen LogP contribution in [0.15, 0.2) is 72.8 Å². The second kappa shape index (κ2) is 13.6. The van der Waals surface area contributed by atoms with Crippen LogP contribution in [-0.4, -0.2) is 66.9 Å². The number of carbonyl (C=O) groups is 3. The topological polar surface area (TPSA) is 85.0 Å². The molecular weight excluding hydrogens is 526 g/mol. The number of amides is 4. The largest absolute Gasteiger partial charge is 0.367 e. The molecule has 2 N–H and O–H groups in total. The number of anilines is 2. The summed E-state index contributed by atoms with van der Waals surface area (Å²) in [5.74, 6) is -0.353. The van der Waals surface area contributed by atoms with E-state index in [-0.39, 0.29) is 23.9 Å². The minimum atomic E-state index is -0.226. The van der Waals surface area contributed by atoms with Crippen molar-refractivity contribution in [3.05, 3.63) is 95.1 Å². The highest BCUT2D eigenvalue weighted by Crippen LogP contribution is 2.28. The molecule has 3 aromatic carbocycles. The molecular formula is C34H41N5O3. The number of urea groups is 1. The van der Waals surface area contributed by atoms with Crippen LogP contribution in [0.5, 0.6) is 0 Å². The Morgan fingerprint density at radius 1 is 0.857 bits per heavy atom. The van der Waals surface area contributed by atoms with Crippen LogP contribution in [0.4, 0.5) is 16.2 Å². The molecule has 0 aromatic heterocycles. The van der Waals surface area contributed by atoms with Crippen molar-refractivity contribution in [1.29, 1.82) is 0 Å². The SMILES string of the molecule is Cc1ccc(C(=O)Nc2ccc(N3CCN(C(=O)NC4CCCCC4)CC3)c(C(=O)N(C)Cc3ccccc3)c2)cc1. The number of benzene rings is 3. The fourth-order valence-electron chi connectivity index (χ4n) is 5.77. The molecule has 2 aliphatic rings. The van der Waals surface area contributed by atoms with Crippen LogP contribution in [0.1, 0.15) is 63.9 Å². The maximum atomic E-state index is 13.9. The molecule has 8 nitrogen and oxygen atoms in total. The van der Waals surface area contributed by atoms with Crippen molar-refractivity contribution in [1.82, 2.24) is 15.1 Å². The Labute approximate surface area is 248 Å². The summed E-state index contributed by atoms with van der Waals surface area (Å²) in [6, 6.07) is 23.1. The third-order valence-electron chi connectivity index (χ3n) is 8.25. The number of carbonyl (C=O) groups excluding carboxylic acids is 3. The predicted octanol–water partition coefficient (Wildman–Crippen LogP) is 5.68. The van der Waals surface area contributed by atoms with E-state index in [1.165, 1.54) is 19.3 Å². The molecule has 1 aliphatic heterocycles. The summed E-state index contributed by atoms with van der Waals surface area (Å²) in [6.07, 6.45) is 5.72. The third-order valence-corrected chi connectivity index (χ3v) is 8.25. The molecule has 220 valence electrons. The molecule has 3 aromatic rings. The van der Waals surface area contributed by atoms with Gasteiger partial charge in [0.05, 0.1) is 5.56 Å². The second-order valence-corrected chi connectivity index (χ2v) is 11.5. The van der Waals surface area contributed by atoms with Gasteiger partial charge in [-0.15, -0.1) is 0 Å². The van der Waals surface area contributed by atoms with Crippen LogP contribution in [0.25, 0.3) is 0 Å². The molecule has 0 atom stereocenters. The van der Waals surface area contributed by atoms with Crippen LogP contribution in [0.3, 0.4) is 0 Å². The van der Waals surface area contributed by atoms with Crippen LogP contribution < -0.4 is 15.5 Å². The van der Waals surface area contributed by atoms with Gasteiger partial charge in [-0.3, -0.25) is 9.59 Å². The van der Waals surface area contributed by atoms with E-state index in [9.17, 15) is 14.4 Å². The summed E-state index contributed by atoms with van der Waals surface area (Å²) in [4.78, 5) is 45.5. The van der Waals surface area contributed by atoms with Crippen LogP contribution in [0.2, 0.25) is 0 Å². The molecule has 0 spiro atoms. The van der Waals surface area contributed by atoms with Gasteiger partial charge in [0.25, 0.3) is 11.8 Å². The summed E-state index contributed by atoms with van der Waals surface area (Å²) in [5.41, 5.74) is 4.57. The number of hydrogen-bond acceptors (Lipinski definition) is 4. The number of piperazine rings is 1. The van der Waals surface area contributed by atoms with Crippen molar-refractivity contribution < 1.29 is 14.4 Å². The second-order valence-electron chi connectivity index (χ2n) is 11.5. The fraction of sp³-hybridized carbons (Fsp3) is 0.382. The van der Waals surface area contributed by atoms with Crippen molar-refractivity contribution in [3.63, 3.8) is 0 Å². The highest BCUT2D eigenvalue weighted by molar-refractivity contribution is 6.06. The van der Waals surface area contributed by atoms with Gasteiger partial charge in [0.1, 0.15) is 0 Å². The van der Waals surface area contributed by atoms with E-state index >= 15 is 0 Å². The van der Waals surface area contributed by atoms with Crippen molar-refractivity contribution >= 4 is 29.2 Å². The van der Waals surface area contributed by atoms with E-state index in [4.69, 9.17) is 0 Å². The normalized spacial score (nSPS) is 15.7. The quantitative estimate of drug-likeness (QED) is 0.385. The molecule has 1 heterocycles. The molecule has 1 saturated heterocycles. The highest BCUT2D eigenvalue weighted by Gasteiger charge is 2.27. The first kappa shape index (κ1) is 29.2. The summed E-state index contributed by atoms with van der Waals surface area (Å²) < 4.78 is 0. The molecule has 8 heteroatoms. The summed E-state index contributed by atoms with van der Waals surface area (Å²) in [7, 11) is 1.80. The number of hydrogen-bond donors (Lipinski definition) is 2. The number of nitrogens with one attached hydrogen (secondary N) is 2. The zero-order valence-electron chi connectivity index (χ0n) is 24.6. The van der Waals surface area contributed by atoms with Gasteiger partial charge in [-0.2, -0.15) is 0 Å². The molecule has 4 amide bonds. The minimum absolute atomic E-state index is 0.00890. The van der Waals surface area contributed by atoms with E-state index < -0.39 is 0 Å². The summed E-state index contributed by atoms with van der Waals surface area (Å²) in [6.45, 7) is 4.85. The van der Waals surface area contributed by atoms with Gasteiger partial charge in [0.2, 0.25) is 0 Å². The van der Waals surface area contributed by atoms with E-state index in [0.717, 1.165) is 29.7 Å². The smallest absolute Gasteiger partial charge is 0.317 e. The zero-order valence-corrected chi connectivity index (χ0v) is 24.6. The minimum Gasteiger partial charge on any atom is -0.367 e. The molecule has 1 aliphatic carbocycles. The van der Waals surface area contributed by atoms with Gasteiger partial charge >= 0.3 is 6.03 Å². The number of nitrogens with zero attached hydrogens (tertiary/aromatic N) is 3. The first-order valence-electron chi connectivity index (χ1n) is 15.0. The zero-order chi connectivity index (χ0) is 29.5. The van der Waals surface area contributed by atoms with Gasteiger partial charge in [-0.1, -0.05) is 67.3 Å². The number of rotatable bonds is 7. The fourth-order valence-corrected chi connectivity index (χ4v) is 5.77. The van der Waals surface area contributed by atoms with Crippen molar-refractivity contribution in [2.75, 3.05) is 43.4 Å². The molecule has 5 rings (SSSR count). The molecule has 0 radical (unpaired) electrons. The van der Waals surface area contributed by atoms with Gasteiger partial charge in [0, 0.05) is 62.8 Å². The molecule has 0 unspecified atom stereocenters. The van der Waals surface area contributed by atoms with E-state index in [2.05, 4.69) is 15.5 Å². The van der Waals surface area contributed by atoms with Crippen molar-refractivity contribution in [2.45, 2.75) is 51.6 Å². The maximum Gasteiger partial charge on any atom is 0.317 e. The monoisotopic (exact) mass is 567 g/mol. The molecule has 42 heavy (non-hydrogen) atoms. The van der Waals surface area contributed by atoms with E-state index in [1.807, 2.05) is 66.4 Å². The van der Waals surface area contributed by atoms with Crippen molar-refractivity contribution in [3.8, 4) is 0 Å². The summed E-state index contributed by atoms with van der Waals surface area (Å²) in [5, 5.41) is 6.18. The van der Waals surface area contributed by atoms with Crippen LogP contribution in [0, 0.1) is 6.92 Å². The summed E-state index contributed by atoms with van der Waals surface area (Å²) >= 11 is 0. The lowest BCUT2D eigenvalue weighted by Gasteiger charge is -2.38. The van der Waals surface area contributed by atoms with Crippen LogP contribution in [-0.2, 0) is 6.54 Å². The highest BCUT2D eigenvalue weighted by atomic mass is 16.2. The van der Waals surface area contributed by atoms with Gasteiger partial charge < -0.3 is 25.3 Å². The Balaban J connectivity index is 1.32. The maximum absolute atomic E-state index is 13.9. The lowest BCUT2D eigenvalue weighted by molar-refractivity contribution is 0.0785. The lowest BCUT2D eigenvalue weighted by Crippen LogP contribution is -2.54. The average Bonchev–Trinajstić information content (AvgIpc) is 3.02. The van der Waals surface area contributed by atoms with E-state index in [1.54, 1.807) is 30.1 Å². The standard InChI is InChI=1S/C34H41N5O3/c1-25-13-15-27(16-14-25)32(40)35-29-17-18-31(30(23-29)33(41)37(2)24-26-9-5-3-6-10-26)38-19-21-39(22-20-38)34(42)36-28-11-7-4-8-12-28/h3,5-6,9-10,13-18,23,28H,4,7-8,11-12,19-22,24H2,1-2H3,(H,35,40)(H,36,42).